The van der Waals surface area contributed by atoms with Crippen molar-refractivity contribution in [3.63, 3.8) is 0 Å². The number of carboxylic acids is 1. The Morgan fingerprint density at radius 3 is 2.72 bits per heavy atom. The molecule has 0 aliphatic rings. The number of primary amides is 1. The van der Waals surface area contributed by atoms with Crippen LogP contribution >= 0.6 is 11.3 Å². The highest BCUT2D eigenvalue weighted by atomic mass is 32.2. The topological polar surface area (TPSA) is 136 Å². The minimum absolute atomic E-state index is 0.194. The summed E-state index contributed by atoms with van der Waals surface area (Å²) in [7, 11) is -3.94. The lowest BCUT2D eigenvalue weighted by molar-refractivity contribution is 0.0698. The van der Waals surface area contributed by atoms with Crippen LogP contribution in [-0.4, -0.2) is 38.7 Å². The van der Waals surface area contributed by atoms with Crippen molar-refractivity contribution < 1.29 is 27.9 Å². The SMILES string of the molecule is NC(=O)OCCNS(=O)(=O)c1ccsc1C(=O)O. The molecule has 0 spiro atoms. The number of hydrogen-bond acceptors (Lipinski definition) is 6. The smallest absolute Gasteiger partial charge is 0.404 e. The van der Waals surface area contributed by atoms with Crippen LogP contribution in [0.3, 0.4) is 0 Å². The largest absolute Gasteiger partial charge is 0.477 e. The molecule has 0 aromatic carbocycles. The van der Waals surface area contributed by atoms with Crippen molar-refractivity contribution in [3.8, 4) is 0 Å². The second-order valence-electron chi connectivity index (χ2n) is 2.98. The van der Waals surface area contributed by atoms with E-state index < -0.39 is 22.1 Å². The van der Waals surface area contributed by atoms with Crippen molar-refractivity contribution in [2.45, 2.75) is 4.90 Å². The molecule has 0 saturated carbocycles. The number of nitrogens with two attached hydrogens (primary N) is 1. The summed E-state index contributed by atoms with van der Waals surface area (Å²) in [6.07, 6.45) is -1.02. The van der Waals surface area contributed by atoms with Crippen molar-refractivity contribution in [1.29, 1.82) is 0 Å². The molecule has 0 fully saturated rings. The first kappa shape index (κ1) is 14.4. The Bertz CT molecular complexity index is 550. The van der Waals surface area contributed by atoms with Gasteiger partial charge in [-0.2, -0.15) is 0 Å². The summed E-state index contributed by atoms with van der Waals surface area (Å²) < 4.78 is 29.9. The summed E-state index contributed by atoms with van der Waals surface area (Å²) >= 11 is 0.805. The van der Waals surface area contributed by atoms with Crippen LogP contribution in [-0.2, 0) is 14.8 Å². The molecular weight excluding hydrogens is 284 g/mol. The van der Waals surface area contributed by atoms with E-state index in [1.165, 1.54) is 11.4 Å². The number of nitrogens with one attached hydrogen (secondary N) is 1. The summed E-state index contributed by atoms with van der Waals surface area (Å²) in [6, 6.07) is 1.19. The molecule has 18 heavy (non-hydrogen) atoms. The summed E-state index contributed by atoms with van der Waals surface area (Å²) in [5, 5.41) is 10.2. The summed E-state index contributed by atoms with van der Waals surface area (Å²) in [5.74, 6) is -1.32. The van der Waals surface area contributed by atoms with Crippen LogP contribution in [0.4, 0.5) is 4.79 Å². The highest BCUT2D eigenvalue weighted by Gasteiger charge is 2.23. The van der Waals surface area contributed by atoms with E-state index in [0.717, 1.165) is 11.3 Å². The van der Waals surface area contributed by atoms with Gasteiger partial charge in [-0.3, -0.25) is 0 Å². The third-order valence-electron chi connectivity index (χ3n) is 1.75. The normalized spacial score (nSPS) is 11.1. The van der Waals surface area contributed by atoms with Gasteiger partial charge in [0.1, 0.15) is 16.4 Å². The fourth-order valence-corrected chi connectivity index (χ4v) is 3.34. The first-order valence-corrected chi connectivity index (χ1v) is 6.93. The van der Waals surface area contributed by atoms with Crippen LogP contribution in [0.5, 0.6) is 0 Å². The number of carbonyl (C=O) groups excluding carboxylic acids is 1. The number of amides is 1. The molecule has 1 aromatic heterocycles. The number of sulfonamides is 1. The molecule has 0 saturated heterocycles. The van der Waals surface area contributed by atoms with Crippen LogP contribution in [0.2, 0.25) is 0 Å². The van der Waals surface area contributed by atoms with Crippen molar-refractivity contribution in [3.05, 3.63) is 16.3 Å². The van der Waals surface area contributed by atoms with E-state index in [1.807, 2.05) is 0 Å². The average Bonchev–Trinajstić information content (AvgIpc) is 2.73. The predicted octanol–water partition coefficient (Wildman–Crippen LogP) is -0.180. The Balaban J connectivity index is 2.72. The Morgan fingerprint density at radius 2 is 2.17 bits per heavy atom. The van der Waals surface area contributed by atoms with Gasteiger partial charge in [-0.05, 0) is 11.4 Å². The molecule has 4 N–H and O–H groups in total. The van der Waals surface area contributed by atoms with E-state index in [1.54, 1.807) is 0 Å². The maximum absolute atomic E-state index is 11.7. The summed E-state index contributed by atoms with van der Waals surface area (Å²) in [4.78, 5) is 20.4. The highest BCUT2D eigenvalue weighted by Crippen LogP contribution is 2.21. The Labute approximate surface area is 106 Å². The number of thiophene rings is 1. The van der Waals surface area contributed by atoms with Gasteiger partial charge in [0.2, 0.25) is 10.0 Å². The molecule has 8 nitrogen and oxygen atoms in total. The molecule has 0 radical (unpaired) electrons. The third-order valence-corrected chi connectivity index (χ3v) is 4.29. The van der Waals surface area contributed by atoms with Crippen LogP contribution in [0, 0.1) is 0 Å². The first-order valence-electron chi connectivity index (χ1n) is 4.57. The minimum Gasteiger partial charge on any atom is -0.477 e. The second kappa shape index (κ2) is 5.80. The molecular formula is C8H10N2O6S2. The summed E-state index contributed by atoms with van der Waals surface area (Å²) in [6.45, 7) is -0.429. The second-order valence-corrected chi connectivity index (χ2v) is 5.64. The lowest BCUT2D eigenvalue weighted by Crippen LogP contribution is -2.29. The Kier molecular flexibility index (Phi) is 4.64. The fourth-order valence-electron chi connectivity index (χ4n) is 1.07. The Morgan fingerprint density at radius 1 is 1.50 bits per heavy atom. The van der Waals surface area contributed by atoms with E-state index in [2.05, 4.69) is 15.2 Å². The third kappa shape index (κ3) is 3.68. The lowest BCUT2D eigenvalue weighted by atomic mass is 10.5. The van der Waals surface area contributed by atoms with Crippen LogP contribution in [0.1, 0.15) is 9.67 Å². The molecule has 0 bridgehead atoms. The number of aromatic carboxylic acids is 1. The van der Waals surface area contributed by atoms with E-state index in [-0.39, 0.29) is 22.9 Å². The fraction of sp³-hybridized carbons (Fsp3) is 0.250. The quantitative estimate of drug-likeness (QED) is 0.623. The monoisotopic (exact) mass is 294 g/mol. The maximum atomic E-state index is 11.7. The van der Waals surface area contributed by atoms with Gasteiger partial charge in [0.05, 0.1) is 0 Å². The van der Waals surface area contributed by atoms with Gasteiger partial charge >= 0.3 is 12.1 Å². The van der Waals surface area contributed by atoms with Gasteiger partial charge in [-0.25, -0.2) is 22.7 Å². The van der Waals surface area contributed by atoms with Crippen molar-refractivity contribution in [2.24, 2.45) is 5.73 Å². The molecule has 1 aromatic rings. The van der Waals surface area contributed by atoms with Crippen molar-refractivity contribution >= 4 is 33.4 Å². The Hall–Kier alpha value is -1.65. The number of hydrogen-bond donors (Lipinski definition) is 3. The lowest BCUT2D eigenvalue weighted by Gasteiger charge is -2.06. The molecule has 0 unspecified atom stereocenters. The van der Waals surface area contributed by atoms with Crippen LogP contribution in [0.25, 0.3) is 0 Å². The molecule has 1 amide bonds. The zero-order chi connectivity index (χ0) is 13.8. The maximum Gasteiger partial charge on any atom is 0.404 e. The number of carbonyl (C=O) groups is 2. The van der Waals surface area contributed by atoms with Crippen molar-refractivity contribution in [2.75, 3.05) is 13.2 Å². The standard InChI is InChI=1S/C8H10N2O6S2/c9-8(13)16-3-2-10-18(14,15)5-1-4-17-6(5)7(11)12/h1,4,10H,2-3H2,(H2,9,13)(H,11,12). The van der Waals surface area contributed by atoms with Crippen molar-refractivity contribution in [1.82, 2.24) is 4.72 Å². The van der Waals surface area contributed by atoms with Gasteiger partial charge in [-0.15, -0.1) is 11.3 Å². The van der Waals surface area contributed by atoms with Gasteiger partial charge < -0.3 is 15.6 Å². The molecule has 0 aliphatic heterocycles. The number of ether oxygens (including phenoxy) is 1. The first-order chi connectivity index (χ1) is 8.34. The molecule has 100 valence electrons. The molecule has 0 aliphatic carbocycles. The molecule has 0 atom stereocenters. The molecule has 1 rings (SSSR count). The number of carboxylic acid groups (broad SMARTS) is 1. The van der Waals surface area contributed by atoms with Crippen LogP contribution in [0.15, 0.2) is 16.3 Å². The van der Waals surface area contributed by atoms with Gasteiger partial charge in [-0.1, -0.05) is 0 Å². The van der Waals surface area contributed by atoms with E-state index in [9.17, 15) is 18.0 Å². The molecule has 1 heterocycles. The highest BCUT2D eigenvalue weighted by molar-refractivity contribution is 7.89. The van der Waals surface area contributed by atoms with E-state index in [4.69, 9.17) is 5.11 Å². The average molecular weight is 294 g/mol. The van der Waals surface area contributed by atoms with Crippen LogP contribution < -0.4 is 10.5 Å². The van der Waals surface area contributed by atoms with E-state index in [0.29, 0.717) is 0 Å². The minimum atomic E-state index is -3.94. The predicted molar refractivity (Wildman–Crippen MR) is 62.0 cm³/mol. The molecule has 10 heteroatoms. The van der Waals surface area contributed by atoms with Gasteiger partial charge in [0.15, 0.2) is 0 Å². The zero-order valence-corrected chi connectivity index (χ0v) is 10.6. The van der Waals surface area contributed by atoms with E-state index >= 15 is 0 Å². The summed E-state index contributed by atoms with van der Waals surface area (Å²) in [5.41, 5.74) is 4.69. The van der Waals surface area contributed by atoms with Gasteiger partial charge in [0, 0.05) is 6.54 Å². The number of rotatable bonds is 6. The zero-order valence-electron chi connectivity index (χ0n) is 8.95. The van der Waals surface area contributed by atoms with Gasteiger partial charge in [0.25, 0.3) is 0 Å².